The summed E-state index contributed by atoms with van der Waals surface area (Å²) in [5.41, 5.74) is 1.97. The summed E-state index contributed by atoms with van der Waals surface area (Å²) in [6.07, 6.45) is 2.58. The molecular weight excluding hydrogens is 266 g/mol. The fraction of sp³-hybridized carbons (Fsp3) is 0.462. The van der Waals surface area contributed by atoms with Gasteiger partial charge in [0.25, 0.3) is 0 Å². The average Bonchev–Trinajstić information content (AvgIpc) is 3.02. The number of Topliss-reactive ketones (excluding diaryl/α,β-unsaturated/α-hetero) is 1. The monoisotopic (exact) mass is 281 g/mol. The summed E-state index contributed by atoms with van der Waals surface area (Å²) < 4.78 is 0.900. The highest BCUT2D eigenvalue weighted by Crippen LogP contribution is 2.33. The molecule has 0 atom stereocenters. The fourth-order valence-electron chi connectivity index (χ4n) is 2.01. The van der Waals surface area contributed by atoms with E-state index in [1.165, 1.54) is 18.5 Å². The smallest absolute Gasteiger partial charge is 0.160 e. The van der Waals surface area contributed by atoms with Gasteiger partial charge in [-0.3, -0.25) is 4.79 Å². The molecule has 86 valence electrons. The summed E-state index contributed by atoms with van der Waals surface area (Å²) in [6.45, 7) is 4.79. The molecule has 2 rings (SSSR count). The molecule has 0 radical (unpaired) electrons. The fourth-order valence-corrected chi connectivity index (χ4v) is 2.65. The van der Waals surface area contributed by atoms with Crippen LogP contribution in [-0.4, -0.2) is 18.4 Å². The minimum Gasteiger partial charge on any atom is -0.369 e. The van der Waals surface area contributed by atoms with Crippen molar-refractivity contribution >= 4 is 27.4 Å². The van der Waals surface area contributed by atoms with Gasteiger partial charge in [-0.2, -0.15) is 0 Å². The number of carbonyl (C=O) groups is 1. The normalized spacial score (nSPS) is 14.9. The number of nitrogens with zero attached hydrogens (tertiary/aromatic N) is 1. The molecule has 1 fully saturated rings. The van der Waals surface area contributed by atoms with Crippen LogP contribution in [-0.2, 0) is 0 Å². The number of ketones is 1. The lowest BCUT2D eigenvalue weighted by Gasteiger charge is -2.23. The molecular formula is C13H16BrNO. The van der Waals surface area contributed by atoms with Gasteiger partial charge in [-0.1, -0.05) is 0 Å². The van der Waals surface area contributed by atoms with E-state index in [2.05, 4.69) is 33.8 Å². The lowest BCUT2D eigenvalue weighted by molar-refractivity contribution is 0.101. The van der Waals surface area contributed by atoms with E-state index in [0.717, 1.165) is 16.6 Å². The van der Waals surface area contributed by atoms with Gasteiger partial charge in [0.2, 0.25) is 0 Å². The zero-order chi connectivity index (χ0) is 11.7. The highest BCUT2D eigenvalue weighted by molar-refractivity contribution is 9.10. The number of rotatable bonds is 4. The summed E-state index contributed by atoms with van der Waals surface area (Å²) in [7, 11) is 0. The van der Waals surface area contributed by atoms with E-state index < -0.39 is 0 Å². The van der Waals surface area contributed by atoms with Gasteiger partial charge in [0.05, 0.1) is 0 Å². The zero-order valence-corrected chi connectivity index (χ0v) is 11.3. The molecule has 3 heteroatoms. The molecule has 0 unspecified atom stereocenters. The van der Waals surface area contributed by atoms with E-state index in [4.69, 9.17) is 0 Å². The third-order valence-electron chi connectivity index (χ3n) is 2.99. The van der Waals surface area contributed by atoms with Crippen LogP contribution in [0.3, 0.4) is 0 Å². The van der Waals surface area contributed by atoms with Gasteiger partial charge in [-0.25, -0.2) is 0 Å². The van der Waals surface area contributed by atoms with E-state index in [9.17, 15) is 4.79 Å². The second-order valence-electron chi connectivity index (χ2n) is 4.24. The van der Waals surface area contributed by atoms with E-state index in [1.54, 1.807) is 6.92 Å². The van der Waals surface area contributed by atoms with E-state index >= 15 is 0 Å². The van der Waals surface area contributed by atoms with Crippen molar-refractivity contribution in [3.8, 4) is 0 Å². The quantitative estimate of drug-likeness (QED) is 0.786. The Morgan fingerprint density at radius 3 is 2.62 bits per heavy atom. The molecule has 16 heavy (non-hydrogen) atoms. The maximum Gasteiger partial charge on any atom is 0.160 e. The molecule has 0 aromatic heterocycles. The van der Waals surface area contributed by atoms with Crippen molar-refractivity contribution in [3.05, 3.63) is 28.2 Å². The van der Waals surface area contributed by atoms with Crippen LogP contribution in [0, 0.1) is 0 Å². The lowest BCUT2D eigenvalue weighted by Crippen LogP contribution is -2.24. The average molecular weight is 282 g/mol. The Morgan fingerprint density at radius 1 is 1.50 bits per heavy atom. The van der Waals surface area contributed by atoms with Crippen LogP contribution in [0.15, 0.2) is 22.7 Å². The van der Waals surface area contributed by atoms with Crippen LogP contribution in [0.25, 0.3) is 0 Å². The van der Waals surface area contributed by atoms with Gasteiger partial charge in [0.1, 0.15) is 0 Å². The third kappa shape index (κ3) is 2.29. The molecule has 1 saturated carbocycles. The van der Waals surface area contributed by atoms with Crippen LogP contribution in [0.4, 0.5) is 5.69 Å². The molecule has 0 N–H and O–H groups in total. The van der Waals surface area contributed by atoms with Gasteiger partial charge >= 0.3 is 0 Å². The van der Waals surface area contributed by atoms with Crippen LogP contribution >= 0.6 is 15.9 Å². The summed E-state index contributed by atoms with van der Waals surface area (Å²) in [4.78, 5) is 13.7. The zero-order valence-electron chi connectivity index (χ0n) is 9.66. The molecule has 1 aromatic rings. The van der Waals surface area contributed by atoms with Gasteiger partial charge < -0.3 is 4.90 Å². The Balaban J connectivity index is 2.28. The standard InChI is InChI=1S/C13H16BrNO/c1-3-15(10-4-5-10)11-6-7-12(9(2)16)13(14)8-11/h6-8,10H,3-5H2,1-2H3. The largest absolute Gasteiger partial charge is 0.369 e. The van der Waals surface area contributed by atoms with Crippen molar-refractivity contribution in [1.29, 1.82) is 0 Å². The Labute approximate surface area is 105 Å². The first kappa shape index (κ1) is 11.6. The predicted molar refractivity (Wildman–Crippen MR) is 70.2 cm³/mol. The Kier molecular flexibility index (Phi) is 3.33. The topological polar surface area (TPSA) is 20.3 Å². The maximum absolute atomic E-state index is 11.3. The van der Waals surface area contributed by atoms with Crippen molar-refractivity contribution in [2.24, 2.45) is 0 Å². The second kappa shape index (κ2) is 4.58. The van der Waals surface area contributed by atoms with E-state index in [0.29, 0.717) is 6.04 Å². The summed E-state index contributed by atoms with van der Waals surface area (Å²) in [5.74, 6) is 0.105. The highest BCUT2D eigenvalue weighted by atomic mass is 79.9. The number of halogens is 1. The van der Waals surface area contributed by atoms with Gasteiger partial charge in [0, 0.05) is 28.3 Å². The van der Waals surface area contributed by atoms with Gasteiger partial charge in [0.15, 0.2) is 5.78 Å². The first-order valence-corrected chi connectivity index (χ1v) is 6.50. The highest BCUT2D eigenvalue weighted by Gasteiger charge is 2.28. The number of hydrogen-bond donors (Lipinski definition) is 0. The summed E-state index contributed by atoms with van der Waals surface area (Å²) >= 11 is 3.47. The Bertz CT molecular complexity index is 412. The number of carbonyl (C=O) groups excluding carboxylic acids is 1. The third-order valence-corrected chi connectivity index (χ3v) is 3.65. The minimum atomic E-state index is 0.105. The molecule has 0 saturated heterocycles. The summed E-state index contributed by atoms with van der Waals surface area (Å²) in [6, 6.07) is 6.72. The molecule has 1 aliphatic rings. The SMILES string of the molecule is CCN(c1ccc(C(C)=O)c(Br)c1)C1CC1. The minimum absolute atomic E-state index is 0.105. The van der Waals surface area contributed by atoms with Crippen LogP contribution in [0.2, 0.25) is 0 Å². The second-order valence-corrected chi connectivity index (χ2v) is 5.09. The van der Waals surface area contributed by atoms with Gasteiger partial charge in [-0.15, -0.1) is 0 Å². The van der Waals surface area contributed by atoms with Crippen molar-refractivity contribution < 1.29 is 4.79 Å². The molecule has 1 aromatic carbocycles. The maximum atomic E-state index is 11.3. The van der Waals surface area contributed by atoms with E-state index in [1.807, 2.05) is 12.1 Å². The van der Waals surface area contributed by atoms with Crippen LogP contribution < -0.4 is 4.90 Å². The number of hydrogen-bond acceptors (Lipinski definition) is 2. The molecule has 1 aliphatic carbocycles. The Hall–Kier alpha value is -0.830. The first-order valence-electron chi connectivity index (χ1n) is 5.70. The van der Waals surface area contributed by atoms with Crippen LogP contribution in [0.5, 0.6) is 0 Å². The molecule has 0 heterocycles. The molecule has 2 nitrogen and oxygen atoms in total. The van der Waals surface area contributed by atoms with Crippen molar-refractivity contribution in [2.45, 2.75) is 32.7 Å². The Morgan fingerprint density at radius 2 is 2.19 bits per heavy atom. The van der Waals surface area contributed by atoms with E-state index in [-0.39, 0.29) is 5.78 Å². The number of benzene rings is 1. The number of anilines is 1. The van der Waals surface area contributed by atoms with Crippen molar-refractivity contribution in [2.75, 3.05) is 11.4 Å². The lowest BCUT2D eigenvalue weighted by atomic mass is 10.1. The van der Waals surface area contributed by atoms with Crippen molar-refractivity contribution in [3.63, 3.8) is 0 Å². The van der Waals surface area contributed by atoms with Crippen LogP contribution in [0.1, 0.15) is 37.0 Å². The molecule has 0 amide bonds. The first-order chi connectivity index (χ1) is 7.63. The molecule has 0 aliphatic heterocycles. The molecule has 0 bridgehead atoms. The van der Waals surface area contributed by atoms with Gasteiger partial charge in [-0.05, 0) is 60.8 Å². The predicted octanol–water partition coefficient (Wildman–Crippen LogP) is 3.64. The molecule has 0 spiro atoms. The van der Waals surface area contributed by atoms with Crippen molar-refractivity contribution in [1.82, 2.24) is 0 Å². The summed E-state index contributed by atoms with van der Waals surface area (Å²) in [5, 5.41) is 0.